The van der Waals surface area contributed by atoms with Gasteiger partial charge in [0.2, 0.25) is 0 Å². The Morgan fingerprint density at radius 2 is 1.50 bits per heavy atom. The van der Waals surface area contributed by atoms with E-state index in [2.05, 4.69) is 12.1 Å². The van der Waals surface area contributed by atoms with Gasteiger partial charge < -0.3 is 4.90 Å². The third-order valence-electron chi connectivity index (χ3n) is 6.27. The predicted octanol–water partition coefficient (Wildman–Crippen LogP) is 5.40. The van der Waals surface area contributed by atoms with Crippen molar-refractivity contribution in [1.82, 2.24) is 19.5 Å². The number of fused-ring (bicyclic) bond motifs is 2. The molecule has 1 amide bonds. The summed E-state index contributed by atoms with van der Waals surface area (Å²) >= 11 is 0. The number of carbonyl (C=O) groups excluding carboxylic acids is 1. The Kier molecular flexibility index (Phi) is 4.91. The van der Waals surface area contributed by atoms with Gasteiger partial charge in [0.15, 0.2) is 5.65 Å². The maximum Gasteiger partial charge on any atom is 0.272 e. The van der Waals surface area contributed by atoms with E-state index < -0.39 is 0 Å². The van der Waals surface area contributed by atoms with Gasteiger partial charge in [-0.2, -0.15) is 5.10 Å². The summed E-state index contributed by atoms with van der Waals surface area (Å²) < 4.78 is 15.1. The van der Waals surface area contributed by atoms with Crippen molar-refractivity contribution in [2.24, 2.45) is 0 Å². The molecule has 3 heterocycles. The maximum atomic E-state index is 13.8. The largest absolute Gasteiger partial charge is 0.333 e. The van der Waals surface area contributed by atoms with Crippen LogP contribution in [0.15, 0.2) is 91.0 Å². The topological polar surface area (TPSA) is 50.5 Å². The van der Waals surface area contributed by atoms with Gasteiger partial charge >= 0.3 is 0 Å². The van der Waals surface area contributed by atoms with Crippen LogP contribution in [0.4, 0.5) is 4.39 Å². The van der Waals surface area contributed by atoms with Gasteiger partial charge in [-0.15, -0.1) is 0 Å². The maximum absolute atomic E-state index is 13.8. The van der Waals surface area contributed by atoms with Gasteiger partial charge in [-0.25, -0.2) is 13.9 Å². The minimum atomic E-state index is -0.316. The number of aromatic nitrogens is 3. The normalized spacial score (nSPS) is 13.1. The van der Waals surface area contributed by atoms with E-state index in [9.17, 15) is 9.18 Å². The second kappa shape index (κ2) is 8.23. The lowest BCUT2D eigenvalue weighted by atomic mass is 9.99. The van der Waals surface area contributed by atoms with Crippen molar-refractivity contribution in [3.8, 4) is 22.5 Å². The third kappa shape index (κ3) is 3.63. The molecule has 3 aromatic carbocycles. The quantitative estimate of drug-likeness (QED) is 0.371. The second-order valence-electron chi connectivity index (χ2n) is 8.44. The highest BCUT2D eigenvalue weighted by molar-refractivity contribution is 5.94. The Bertz CT molecular complexity index is 1510. The lowest BCUT2D eigenvalue weighted by Crippen LogP contribution is -2.37. The van der Waals surface area contributed by atoms with Crippen LogP contribution < -0.4 is 0 Å². The Hall–Kier alpha value is -4.32. The molecule has 0 saturated heterocycles. The molecule has 1 aliphatic heterocycles. The second-order valence-corrected chi connectivity index (χ2v) is 8.44. The van der Waals surface area contributed by atoms with E-state index in [-0.39, 0.29) is 11.7 Å². The molecule has 0 bridgehead atoms. The summed E-state index contributed by atoms with van der Waals surface area (Å²) in [5.74, 6) is -0.420. The van der Waals surface area contributed by atoms with Crippen LogP contribution in [0, 0.1) is 5.82 Å². The molecule has 166 valence electrons. The first-order valence-electron chi connectivity index (χ1n) is 11.2. The molecule has 5 aromatic rings. The molecular formula is C28H21FN4O. The lowest BCUT2D eigenvalue weighted by Gasteiger charge is -2.29. The Labute approximate surface area is 196 Å². The molecule has 0 spiro atoms. The van der Waals surface area contributed by atoms with Crippen LogP contribution in [0.5, 0.6) is 0 Å². The minimum Gasteiger partial charge on any atom is -0.333 e. The molecule has 0 atom stereocenters. The Morgan fingerprint density at radius 1 is 0.794 bits per heavy atom. The van der Waals surface area contributed by atoms with Gasteiger partial charge in [0, 0.05) is 30.3 Å². The average molecular weight is 449 g/mol. The number of benzene rings is 3. The van der Waals surface area contributed by atoms with Crippen molar-refractivity contribution in [1.29, 1.82) is 0 Å². The summed E-state index contributed by atoms with van der Waals surface area (Å²) in [4.78, 5) is 20.4. The van der Waals surface area contributed by atoms with Gasteiger partial charge in [-0.05, 0) is 47.9 Å². The molecule has 6 rings (SSSR count). The smallest absolute Gasteiger partial charge is 0.272 e. The van der Waals surface area contributed by atoms with Gasteiger partial charge in [0.1, 0.15) is 11.5 Å². The monoisotopic (exact) mass is 448 g/mol. The summed E-state index contributed by atoms with van der Waals surface area (Å²) in [5.41, 5.74) is 6.48. The summed E-state index contributed by atoms with van der Waals surface area (Å²) in [7, 11) is 0. The van der Waals surface area contributed by atoms with E-state index in [0.717, 1.165) is 28.8 Å². The molecule has 0 aliphatic carbocycles. The molecule has 1 aliphatic rings. The molecule has 0 radical (unpaired) electrons. The van der Waals surface area contributed by atoms with Crippen LogP contribution >= 0.6 is 0 Å². The number of hydrogen-bond donors (Lipinski definition) is 0. The SMILES string of the molecule is O=C(c1cc(-c2ccc(F)cc2)nc2cc(-c3ccccc3)nn12)N1CCc2ccccc2C1. The van der Waals surface area contributed by atoms with Crippen molar-refractivity contribution in [3.05, 3.63) is 114 Å². The number of hydrogen-bond acceptors (Lipinski definition) is 3. The number of amides is 1. The van der Waals surface area contributed by atoms with Crippen molar-refractivity contribution in [2.75, 3.05) is 6.54 Å². The van der Waals surface area contributed by atoms with E-state index >= 15 is 0 Å². The van der Waals surface area contributed by atoms with E-state index in [1.807, 2.05) is 53.4 Å². The van der Waals surface area contributed by atoms with Crippen LogP contribution in [-0.4, -0.2) is 31.9 Å². The zero-order valence-corrected chi connectivity index (χ0v) is 18.4. The molecule has 5 nitrogen and oxygen atoms in total. The Morgan fingerprint density at radius 3 is 2.29 bits per heavy atom. The number of carbonyl (C=O) groups is 1. The fourth-order valence-corrected chi connectivity index (χ4v) is 4.48. The fourth-order valence-electron chi connectivity index (χ4n) is 4.48. The summed E-state index contributed by atoms with van der Waals surface area (Å²) in [6, 6.07) is 27.8. The molecular weight excluding hydrogens is 427 g/mol. The van der Waals surface area contributed by atoms with Crippen molar-refractivity contribution in [2.45, 2.75) is 13.0 Å². The molecule has 2 aromatic heterocycles. The van der Waals surface area contributed by atoms with E-state index in [4.69, 9.17) is 10.1 Å². The predicted molar refractivity (Wildman–Crippen MR) is 129 cm³/mol. The standard InChI is InChI=1S/C28H21FN4O/c29-23-12-10-21(11-13-23)24-16-26(28(34)32-15-14-19-6-4-5-9-22(19)18-32)33-27(30-24)17-25(31-33)20-7-2-1-3-8-20/h1-13,16-17H,14-15,18H2. The third-order valence-corrected chi connectivity index (χ3v) is 6.27. The first-order chi connectivity index (χ1) is 16.7. The molecule has 0 fully saturated rings. The first-order valence-corrected chi connectivity index (χ1v) is 11.2. The van der Waals surface area contributed by atoms with Gasteiger partial charge in [0.25, 0.3) is 5.91 Å². The highest BCUT2D eigenvalue weighted by Crippen LogP contribution is 2.26. The summed E-state index contributed by atoms with van der Waals surface area (Å²) in [5, 5.41) is 4.74. The number of halogens is 1. The molecule has 6 heteroatoms. The highest BCUT2D eigenvalue weighted by atomic mass is 19.1. The van der Waals surface area contributed by atoms with E-state index in [1.165, 1.54) is 17.7 Å². The number of rotatable bonds is 3. The highest BCUT2D eigenvalue weighted by Gasteiger charge is 2.25. The molecule has 0 N–H and O–H groups in total. The van der Waals surface area contributed by atoms with Crippen LogP contribution in [-0.2, 0) is 13.0 Å². The van der Waals surface area contributed by atoms with Crippen LogP contribution in [0.2, 0.25) is 0 Å². The van der Waals surface area contributed by atoms with Gasteiger partial charge in [0.05, 0.1) is 11.4 Å². The molecule has 0 saturated carbocycles. The van der Waals surface area contributed by atoms with Gasteiger partial charge in [-0.1, -0.05) is 54.6 Å². The minimum absolute atomic E-state index is 0.104. The molecule has 34 heavy (non-hydrogen) atoms. The van der Waals surface area contributed by atoms with E-state index in [1.54, 1.807) is 22.7 Å². The Balaban J connectivity index is 1.47. The van der Waals surface area contributed by atoms with Crippen LogP contribution in [0.3, 0.4) is 0 Å². The average Bonchev–Trinajstić information content (AvgIpc) is 3.33. The van der Waals surface area contributed by atoms with Crippen molar-refractivity contribution in [3.63, 3.8) is 0 Å². The fraction of sp³-hybridized carbons (Fsp3) is 0.107. The zero-order chi connectivity index (χ0) is 23.1. The summed E-state index contributed by atoms with van der Waals surface area (Å²) in [6.45, 7) is 1.19. The summed E-state index contributed by atoms with van der Waals surface area (Å²) in [6.07, 6.45) is 0.815. The first kappa shape index (κ1) is 20.3. The van der Waals surface area contributed by atoms with Crippen LogP contribution in [0.25, 0.3) is 28.2 Å². The van der Waals surface area contributed by atoms with Crippen LogP contribution in [0.1, 0.15) is 21.6 Å². The van der Waals surface area contributed by atoms with Crippen molar-refractivity contribution >= 4 is 11.6 Å². The van der Waals surface area contributed by atoms with Gasteiger partial charge in [-0.3, -0.25) is 4.79 Å². The van der Waals surface area contributed by atoms with E-state index in [0.29, 0.717) is 30.1 Å². The van der Waals surface area contributed by atoms with Crippen molar-refractivity contribution < 1.29 is 9.18 Å². The lowest BCUT2D eigenvalue weighted by molar-refractivity contribution is 0.0725. The number of nitrogens with zero attached hydrogens (tertiary/aromatic N) is 4. The zero-order valence-electron chi connectivity index (χ0n) is 18.4. The molecule has 0 unspecified atom stereocenters.